The minimum absolute atomic E-state index is 0.145. The van der Waals surface area contributed by atoms with Gasteiger partial charge in [0.25, 0.3) is 10.0 Å². The van der Waals surface area contributed by atoms with Gasteiger partial charge in [-0.3, -0.25) is 0 Å². The molecule has 2 N–H and O–H groups in total. The van der Waals surface area contributed by atoms with Crippen LogP contribution in [0.1, 0.15) is 22.5 Å². The van der Waals surface area contributed by atoms with Crippen LogP contribution in [0.15, 0.2) is 83.8 Å². The molecule has 0 aliphatic carbocycles. The second-order valence-corrected chi connectivity index (χ2v) is 10.3. The summed E-state index contributed by atoms with van der Waals surface area (Å²) in [5, 5.41) is 7.14. The highest BCUT2D eigenvalue weighted by Crippen LogP contribution is 2.30. The normalized spacial score (nSPS) is 11.8. The van der Waals surface area contributed by atoms with Crippen molar-refractivity contribution in [2.75, 3.05) is 6.54 Å². The Labute approximate surface area is 218 Å². The van der Waals surface area contributed by atoms with E-state index >= 15 is 0 Å². The lowest BCUT2D eigenvalue weighted by Gasteiger charge is -2.11. The molecular weight excluding hydrogens is 517 g/mol. The number of nitrogens with one attached hydrogen (secondary N) is 2. The van der Waals surface area contributed by atoms with Gasteiger partial charge in [-0.15, -0.1) is 0 Å². The third-order valence-corrected chi connectivity index (χ3v) is 7.30. The molecule has 0 saturated heterocycles. The first-order chi connectivity index (χ1) is 18.0. The van der Waals surface area contributed by atoms with Crippen LogP contribution in [0.2, 0.25) is 0 Å². The summed E-state index contributed by atoms with van der Waals surface area (Å²) in [6, 6.07) is 19.6. The maximum atomic E-state index is 12.7. The van der Waals surface area contributed by atoms with Crippen LogP contribution in [-0.2, 0) is 22.6 Å². The zero-order valence-electron chi connectivity index (χ0n) is 20.6. The largest absolute Gasteiger partial charge is 0.416 e. The number of amides is 2. The Bertz CT molecular complexity index is 1530. The van der Waals surface area contributed by atoms with Crippen LogP contribution in [0, 0.1) is 13.8 Å². The smallest absolute Gasteiger partial charge is 0.337 e. The number of carbonyl (C=O) groups is 1. The van der Waals surface area contributed by atoms with Gasteiger partial charge in [0.15, 0.2) is 0 Å². The second-order valence-electron chi connectivity index (χ2n) is 8.62. The van der Waals surface area contributed by atoms with Crippen molar-refractivity contribution < 1.29 is 26.4 Å². The quantitative estimate of drug-likeness (QED) is 0.327. The first-order valence-electron chi connectivity index (χ1n) is 11.6. The number of urea groups is 1. The molecule has 198 valence electrons. The molecule has 4 rings (SSSR count). The van der Waals surface area contributed by atoms with Gasteiger partial charge in [-0.25, -0.2) is 22.6 Å². The van der Waals surface area contributed by atoms with Crippen molar-refractivity contribution in [3.05, 3.63) is 101 Å². The van der Waals surface area contributed by atoms with Crippen LogP contribution in [-0.4, -0.2) is 30.8 Å². The van der Waals surface area contributed by atoms with Crippen LogP contribution in [0.3, 0.4) is 0 Å². The first kappa shape index (κ1) is 26.9. The van der Waals surface area contributed by atoms with Gasteiger partial charge in [0.1, 0.15) is 0 Å². The van der Waals surface area contributed by atoms with Crippen molar-refractivity contribution in [2.24, 2.45) is 0 Å². The molecule has 7 nitrogen and oxygen atoms in total. The van der Waals surface area contributed by atoms with Crippen molar-refractivity contribution in [3.8, 4) is 16.8 Å². The summed E-state index contributed by atoms with van der Waals surface area (Å²) < 4.78 is 66.3. The molecule has 1 heterocycles. The molecule has 38 heavy (non-hydrogen) atoms. The minimum atomic E-state index is -4.59. The number of alkyl halides is 3. The Morgan fingerprint density at radius 2 is 1.55 bits per heavy atom. The molecule has 0 radical (unpaired) electrons. The average Bonchev–Trinajstić information content (AvgIpc) is 3.18. The Hall–Kier alpha value is -4.12. The van der Waals surface area contributed by atoms with Gasteiger partial charge in [-0.05, 0) is 67.8 Å². The molecule has 3 aromatic carbocycles. The lowest BCUT2D eigenvalue weighted by Crippen LogP contribution is -2.40. The summed E-state index contributed by atoms with van der Waals surface area (Å²) in [4.78, 5) is 11.6. The number of nitrogens with zero attached hydrogens (tertiary/aromatic N) is 2. The van der Waals surface area contributed by atoms with Gasteiger partial charge in [-0.2, -0.15) is 18.3 Å². The molecule has 0 saturated carbocycles. The van der Waals surface area contributed by atoms with Gasteiger partial charge >= 0.3 is 12.2 Å². The molecule has 2 amide bonds. The van der Waals surface area contributed by atoms with Crippen molar-refractivity contribution in [3.63, 3.8) is 0 Å². The second kappa shape index (κ2) is 10.7. The average molecular weight is 543 g/mol. The zero-order chi connectivity index (χ0) is 27.5. The van der Waals surface area contributed by atoms with Crippen molar-refractivity contribution >= 4 is 16.1 Å². The summed E-state index contributed by atoms with van der Waals surface area (Å²) in [5.41, 5.74) is 4.90. The van der Waals surface area contributed by atoms with E-state index in [0.717, 1.165) is 45.9 Å². The molecule has 0 fully saturated rings. The van der Waals surface area contributed by atoms with Crippen LogP contribution in [0.4, 0.5) is 18.0 Å². The van der Waals surface area contributed by atoms with Crippen molar-refractivity contribution in [2.45, 2.75) is 31.3 Å². The lowest BCUT2D eigenvalue weighted by molar-refractivity contribution is -0.137. The monoisotopic (exact) mass is 542 g/mol. The Kier molecular flexibility index (Phi) is 7.58. The van der Waals surface area contributed by atoms with E-state index in [0.29, 0.717) is 18.6 Å². The molecule has 11 heteroatoms. The number of aromatic nitrogens is 2. The van der Waals surface area contributed by atoms with Crippen molar-refractivity contribution in [1.29, 1.82) is 0 Å². The maximum Gasteiger partial charge on any atom is 0.416 e. The third-order valence-electron chi connectivity index (χ3n) is 5.95. The van der Waals surface area contributed by atoms with Crippen LogP contribution in [0.25, 0.3) is 16.8 Å². The van der Waals surface area contributed by atoms with Gasteiger partial charge in [0, 0.05) is 17.8 Å². The van der Waals surface area contributed by atoms with Gasteiger partial charge in [0.2, 0.25) is 0 Å². The molecule has 0 aliphatic rings. The predicted octanol–water partition coefficient (Wildman–Crippen LogP) is 5.41. The number of carbonyl (C=O) groups excluding carboxylic acids is 1. The Morgan fingerprint density at radius 1 is 0.921 bits per heavy atom. The van der Waals surface area contributed by atoms with Crippen LogP contribution in [0.5, 0.6) is 0 Å². The van der Waals surface area contributed by atoms with Crippen LogP contribution >= 0.6 is 0 Å². The first-order valence-corrected chi connectivity index (χ1v) is 13.1. The highest BCUT2D eigenvalue weighted by molar-refractivity contribution is 7.90. The van der Waals surface area contributed by atoms with E-state index in [2.05, 4.69) is 10.4 Å². The lowest BCUT2D eigenvalue weighted by atomic mass is 10.0. The van der Waals surface area contributed by atoms with Gasteiger partial charge < -0.3 is 5.32 Å². The summed E-state index contributed by atoms with van der Waals surface area (Å²) in [7, 11) is -4.32. The standard InChI is InChI=1S/C27H25F3N4O3S/c1-18-25(21-6-4-3-5-7-21)19(2)34(32-18)23-12-8-20(9-13-23)16-17-31-26(35)33-38(36,37)24-14-10-22(11-15-24)27(28,29)30/h3-15H,16-17H2,1-2H3,(H2,31,33,35). The van der Waals surface area contributed by atoms with E-state index in [9.17, 15) is 26.4 Å². The number of hydrogen-bond donors (Lipinski definition) is 2. The molecule has 0 bridgehead atoms. The minimum Gasteiger partial charge on any atom is -0.337 e. The summed E-state index contributed by atoms with van der Waals surface area (Å²) in [6.07, 6.45) is -4.16. The maximum absolute atomic E-state index is 12.7. The molecular formula is C27H25F3N4O3S. The Balaban J connectivity index is 1.34. The number of rotatable bonds is 7. The number of hydrogen-bond acceptors (Lipinski definition) is 4. The highest BCUT2D eigenvalue weighted by Gasteiger charge is 2.30. The van der Waals surface area contributed by atoms with E-state index in [-0.39, 0.29) is 6.54 Å². The highest BCUT2D eigenvalue weighted by atomic mass is 32.2. The van der Waals surface area contributed by atoms with Gasteiger partial charge in [0.05, 0.1) is 21.8 Å². The van der Waals surface area contributed by atoms with E-state index in [1.54, 1.807) is 4.72 Å². The fraction of sp³-hybridized carbons (Fsp3) is 0.185. The fourth-order valence-corrected chi connectivity index (χ4v) is 5.01. The summed E-state index contributed by atoms with van der Waals surface area (Å²) >= 11 is 0. The topological polar surface area (TPSA) is 93.1 Å². The Morgan fingerprint density at radius 3 is 2.16 bits per heavy atom. The molecule has 4 aromatic rings. The fourth-order valence-electron chi connectivity index (χ4n) is 4.08. The SMILES string of the molecule is Cc1nn(-c2ccc(CCNC(=O)NS(=O)(=O)c3ccc(C(F)(F)F)cc3)cc2)c(C)c1-c1ccccc1. The number of aryl methyl sites for hydroxylation is 1. The van der Waals surface area contributed by atoms with Gasteiger partial charge in [-0.1, -0.05) is 42.5 Å². The summed E-state index contributed by atoms with van der Waals surface area (Å²) in [6.45, 7) is 4.12. The number of sulfonamides is 1. The van der Waals surface area contributed by atoms with E-state index in [1.807, 2.05) is 73.1 Å². The molecule has 0 aliphatic heterocycles. The molecule has 1 aromatic heterocycles. The molecule has 0 unspecified atom stereocenters. The number of benzene rings is 3. The molecule has 0 atom stereocenters. The molecule has 0 spiro atoms. The predicted molar refractivity (Wildman–Crippen MR) is 137 cm³/mol. The van der Waals surface area contributed by atoms with Crippen LogP contribution < -0.4 is 10.0 Å². The van der Waals surface area contributed by atoms with E-state index in [4.69, 9.17) is 0 Å². The van der Waals surface area contributed by atoms with Crippen molar-refractivity contribution in [1.82, 2.24) is 19.8 Å². The third kappa shape index (κ3) is 6.05. The summed E-state index contributed by atoms with van der Waals surface area (Å²) in [5.74, 6) is 0. The van der Waals surface area contributed by atoms with E-state index < -0.39 is 32.7 Å². The van der Waals surface area contributed by atoms with E-state index in [1.165, 1.54) is 0 Å². The number of halogens is 3. The zero-order valence-corrected chi connectivity index (χ0v) is 21.4.